The van der Waals surface area contributed by atoms with E-state index < -0.39 is 0 Å². The van der Waals surface area contributed by atoms with Crippen molar-refractivity contribution in [3.8, 4) is 0 Å². The molecule has 1 heterocycles. The fourth-order valence-corrected chi connectivity index (χ4v) is 3.53. The third-order valence-corrected chi connectivity index (χ3v) is 4.70. The summed E-state index contributed by atoms with van der Waals surface area (Å²) in [4.78, 5) is 2.67. The molecule has 2 heteroatoms. The monoisotopic (exact) mass is 224 g/mol. The first kappa shape index (κ1) is 12.4. The maximum atomic E-state index is 3.48. The third kappa shape index (κ3) is 2.98. The lowest BCUT2D eigenvalue weighted by Crippen LogP contribution is -2.43. The van der Waals surface area contributed by atoms with Crippen molar-refractivity contribution in [1.82, 2.24) is 10.2 Å². The maximum Gasteiger partial charge on any atom is 0.0232 e. The summed E-state index contributed by atoms with van der Waals surface area (Å²) in [5, 5.41) is 3.48. The van der Waals surface area contributed by atoms with Gasteiger partial charge in [0.15, 0.2) is 0 Å². The van der Waals surface area contributed by atoms with Crippen molar-refractivity contribution < 1.29 is 0 Å². The molecule has 2 nitrogen and oxygen atoms in total. The molecule has 2 aliphatic rings. The van der Waals surface area contributed by atoms with Crippen LogP contribution in [-0.4, -0.2) is 37.1 Å². The Morgan fingerprint density at radius 1 is 1.06 bits per heavy atom. The molecular formula is C14H28N2. The summed E-state index contributed by atoms with van der Waals surface area (Å²) in [6.07, 6.45) is 10.0. The first-order valence-electron chi connectivity index (χ1n) is 7.24. The van der Waals surface area contributed by atoms with Gasteiger partial charge in [0.25, 0.3) is 0 Å². The van der Waals surface area contributed by atoms with E-state index in [9.17, 15) is 0 Å². The summed E-state index contributed by atoms with van der Waals surface area (Å²) in [5.41, 5.74) is 0. The van der Waals surface area contributed by atoms with Gasteiger partial charge in [0.1, 0.15) is 0 Å². The molecule has 1 saturated heterocycles. The smallest absolute Gasteiger partial charge is 0.0232 e. The zero-order chi connectivity index (χ0) is 11.4. The van der Waals surface area contributed by atoms with Crippen LogP contribution >= 0.6 is 0 Å². The maximum absolute atomic E-state index is 3.48. The number of hydrogen-bond donors (Lipinski definition) is 1. The molecule has 1 N–H and O–H groups in total. The van der Waals surface area contributed by atoms with Crippen LogP contribution in [-0.2, 0) is 0 Å². The first-order valence-corrected chi connectivity index (χ1v) is 7.24. The van der Waals surface area contributed by atoms with Crippen LogP contribution in [0.15, 0.2) is 0 Å². The Morgan fingerprint density at radius 3 is 2.38 bits per heavy atom. The minimum Gasteiger partial charge on any atom is -0.315 e. The van der Waals surface area contributed by atoms with Gasteiger partial charge >= 0.3 is 0 Å². The van der Waals surface area contributed by atoms with Gasteiger partial charge in [-0.2, -0.15) is 0 Å². The molecule has 1 aliphatic carbocycles. The van der Waals surface area contributed by atoms with Crippen LogP contribution in [0.1, 0.15) is 51.9 Å². The average molecular weight is 224 g/mol. The second-order valence-electron chi connectivity index (χ2n) is 5.78. The normalized spacial score (nSPS) is 35.8. The Bertz CT molecular complexity index is 191. The van der Waals surface area contributed by atoms with Crippen molar-refractivity contribution in [1.29, 1.82) is 0 Å². The predicted molar refractivity (Wildman–Crippen MR) is 69.7 cm³/mol. The quantitative estimate of drug-likeness (QED) is 0.790. The fraction of sp³-hybridized carbons (Fsp3) is 1.00. The number of rotatable bonds is 4. The van der Waals surface area contributed by atoms with Crippen LogP contribution in [0.4, 0.5) is 0 Å². The largest absolute Gasteiger partial charge is 0.315 e. The van der Waals surface area contributed by atoms with Crippen molar-refractivity contribution >= 4 is 0 Å². The van der Waals surface area contributed by atoms with Crippen molar-refractivity contribution in [2.75, 3.05) is 20.1 Å². The zero-order valence-corrected chi connectivity index (χ0v) is 11.0. The van der Waals surface area contributed by atoms with Gasteiger partial charge in [0.2, 0.25) is 0 Å². The zero-order valence-electron chi connectivity index (χ0n) is 11.0. The van der Waals surface area contributed by atoms with E-state index in [1.807, 2.05) is 0 Å². The highest BCUT2D eigenvalue weighted by Gasteiger charge is 2.28. The molecule has 16 heavy (non-hydrogen) atoms. The Kier molecular flexibility index (Phi) is 4.66. The molecule has 0 amide bonds. The van der Waals surface area contributed by atoms with E-state index in [0.29, 0.717) is 0 Å². The highest BCUT2D eigenvalue weighted by atomic mass is 15.2. The molecule has 0 aromatic rings. The highest BCUT2D eigenvalue weighted by molar-refractivity contribution is 4.85. The van der Waals surface area contributed by atoms with Gasteiger partial charge in [0, 0.05) is 18.6 Å². The van der Waals surface area contributed by atoms with Crippen molar-refractivity contribution in [2.45, 2.75) is 64.0 Å². The fourth-order valence-electron chi connectivity index (χ4n) is 3.53. The van der Waals surface area contributed by atoms with Gasteiger partial charge in [-0.3, -0.25) is 4.90 Å². The van der Waals surface area contributed by atoms with E-state index in [4.69, 9.17) is 0 Å². The van der Waals surface area contributed by atoms with Gasteiger partial charge in [-0.05, 0) is 51.6 Å². The summed E-state index contributed by atoms with van der Waals surface area (Å²) in [6.45, 7) is 4.76. The van der Waals surface area contributed by atoms with Gasteiger partial charge in [-0.1, -0.05) is 19.8 Å². The molecule has 1 unspecified atom stereocenters. The van der Waals surface area contributed by atoms with E-state index >= 15 is 0 Å². The minimum atomic E-state index is 0.813. The van der Waals surface area contributed by atoms with Gasteiger partial charge in [0.05, 0.1) is 0 Å². The molecular weight excluding hydrogens is 196 g/mol. The van der Waals surface area contributed by atoms with E-state index in [2.05, 4.69) is 24.2 Å². The van der Waals surface area contributed by atoms with Crippen LogP contribution < -0.4 is 5.32 Å². The van der Waals surface area contributed by atoms with Crippen LogP contribution in [0.25, 0.3) is 0 Å². The van der Waals surface area contributed by atoms with Crippen molar-refractivity contribution in [2.24, 2.45) is 5.92 Å². The lowest BCUT2D eigenvalue weighted by atomic mass is 9.82. The van der Waals surface area contributed by atoms with E-state index in [1.54, 1.807) is 0 Å². The molecule has 1 saturated carbocycles. The summed E-state index contributed by atoms with van der Waals surface area (Å²) in [7, 11) is 2.35. The molecule has 0 bridgehead atoms. The number of nitrogens with one attached hydrogen (secondary N) is 1. The summed E-state index contributed by atoms with van der Waals surface area (Å²) in [5.74, 6) is 1.04. The lowest BCUT2D eigenvalue weighted by Gasteiger charge is -2.37. The molecule has 0 aromatic heterocycles. The standard InChI is InChI=1S/C14H28N2/c1-3-4-12-5-7-13(8-6-12)16(2)14-9-10-15-11-14/h12-15H,3-11H2,1-2H3. The summed E-state index contributed by atoms with van der Waals surface area (Å²) >= 11 is 0. The molecule has 0 spiro atoms. The Hall–Kier alpha value is -0.0800. The van der Waals surface area contributed by atoms with Crippen LogP contribution in [0.5, 0.6) is 0 Å². The highest BCUT2D eigenvalue weighted by Crippen LogP contribution is 2.31. The van der Waals surface area contributed by atoms with Crippen LogP contribution in [0.2, 0.25) is 0 Å². The first-order chi connectivity index (χ1) is 7.81. The summed E-state index contributed by atoms with van der Waals surface area (Å²) < 4.78 is 0. The third-order valence-electron chi connectivity index (χ3n) is 4.70. The van der Waals surface area contributed by atoms with E-state index in [1.165, 1.54) is 58.0 Å². The Labute approximate surface area is 101 Å². The minimum absolute atomic E-state index is 0.813. The molecule has 1 atom stereocenters. The Morgan fingerprint density at radius 2 is 1.81 bits per heavy atom. The van der Waals surface area contributed by atoms with Crippen LogP contribution in [0, 0.1) is 5.92 Å². The lowest BCUT2D eigenvalue weighted by molar-refractivity contribution is 0.125. The predicted octanol–water partition coefficient (Wildman–Crippen LogP) is 2.64. The molecule has 2 rings (SSSR count). The second kappa shape index (κ2) is 6.02. The molecule has 0 radical (unpaired) electrons. The SMILES string of the molecule is CCCC1CCC(N(C)C2CCNC2)CC1. The Balaban J connectivity index is 1.74. The number of nitrogens with zero attached hydrogens (tertiary/aromatic N) is 1. The van der Waals surface area contributed by atoms with E-state index in [0.717, 1.165) is 18.0 Å². The number of hydrogen-bond acceptors (Lipinski definition) is 2. The van der Waals surface area contributed by atoms with Crippen LogP contribution in [0.3, 0.4) is 0 Å². The molecule has 94 valence electrons. The average Bonchev–Trinajstić information content (AvgIpc) is 2.83. The summed E-state index contributed by atoms with van der Waals surface area (Å²) in [6, 6.07) is 1.69. The van der Waals surface area contributed by atoms with Crippen molar-refractivity contribution in [3.05, 3.63) is 0 Å². The van der Waals surface area contributed by atoms with Crippen molar-refractivity contribution in [3.63, 3.8) is 0 Å². The van der Waals surface area contributed by atoms with Gasteiger partial charge < -0.3 is 5.32 Å². The van der Waals surface area contributed by atoms with Gasteiger partial charge in [-0.25, -0.2) is 0 Å². The number of likely N-dealkylation sites (N-methyl/N-ethyl adjacent to an activating group) is 1. The van der Waals surface area contributed by atoms with E-state index in [-0.39, 0.29) is 0 Å². The second-order valence-corrected chi connectivity index (χ2v) is 5.78. The topological polar surface area (TPSA) is 15.3 Å². The molecule has 1 aliphatic heterocycles. The van der Waals surface area contributed by atoms with Gasteiger partial charge in [-0.15, -0.1) is 0 Å². The molecule has 0 aromatic carbocycles. The molecule has 2 fully saturated rings.